The van der Waals surface area contributed by atoms with Gasteiger partial charge in [0, 0.05) is 30.9 Å². The number of nitrogens with zero attached hydrogens (tertiary/aromatic N) is 2. The summed E-state index contributed by atoms with van der Waals surface area (Å²) in [7, 11) is 0. The fourth-order valence-electron chi connectivity index (χ4n) is 3.76. The number of alkyl carbamates (subject to hydrolysis) is 1. The van der Waals surface area contributed by atoms with Gasteiger partial charge in [0.15, 0.2) is 0 Å². The van der Waals surface area contributed by atoms with Crippen LogP contribution in [0.15, 0.2) is 36.4 Å². The summed E-state index contributed by atoms with van der Waals surface area (Å²) in [5.41, 5.74) is 2.51. The molecule has 0 saturated carbocycles. The summed E-state index contributed by atoms with van der Waals surface area (Å²) in [5.74, 6) is -3.01. The Morgan fingerprint density at radius 2 is 1.64 bits per heavy atom. The number of amides is 1. The van der Waals surface area contributed by atoms with Crippen LogP contribution in [-0.4, -0.2) is 54.0 Å². The molecular formula is C27H35F3N4O4S. The molecule has 1 aromatic rings. The van der Waals surface area contributed by atoms with E-state index in [1.165, 1.54) is 10.2 Å². The minimum atomic E-state index is -5.19. The number of benzene rings is 2. The second-order valence-corrected chi connectivity index (χ2v) is 11.4. The molecule has 0 radical (unpaired) electrons. The average Bonchev–Trinajstić information content (AvgIpc) is 2.78. The number of carbonyl (C=O) groups excluding carboxylic acids is 2. The molecular weight excluding hydrogens is 533 g/mol. The van der Waals surface area contributed by atoms with Crippen molar-refractivity contribution in [1.29, 1.82) is 0 Å². The molecule has 2 aliphatic rings. The van der Waals surface area contributed by atoms with Crippen LogP contribution in [-0.2, 0) is 9.53 Å². The number of nitrogens with one attached hydrogen (secondary N) is 2. The van der Waals surface area contributed by atoms with Gasteiger partial charge in [-0.15, -0.1) is 11.3 Å². The summed E-state index contributed by atoms with van der Waals surface area (Å²) in [6.07, 6.45) is -5.59. The number of hydrogen-bond acceptors (Lipinski definition) is 7. The molecule has 3 rings (SSSR count). The molecule has 0 unspecified atom stereocenters. The zero-order chi connectivity index (χ0) is 29.5. The molecule has 2 N–H and O–H groups in total. The van der Waals surface area contributed by atoms with E-state index < -0.39 is 23.8 Å². The van der Waals surface area contributed by atoms with E-state index in [0.29, 0.717) is 25.2 Å². The monoisotopic (exact) mass is 568 g/mol. The zero-order valence-corrected chi connectivity index (χ0v) is 23.9. The van der Waals surface area contributed by atoms with Crippen molar-refractivity contribution in [3.63, 3.8) is 0 Å². The lowest BCUT2D eigenvalue weighted by Crippen LogP contribution is -2.40. The standard InChI is InChI=1S/C25H34N4O2S.C2HF3O2/c1-16(2)29(17(3)4)19-9-11-21-23(15-19)32-22-14-18(8-10-20(22)28-21)26-12-13-27-24(30)31-25(5,6)7;3-2(4,5)1(6)7/h8-11,14-17H,12-13H2,1-7H3,(H,27,30);(H,6,7). The Kier molecular flexibility index (Phi) is 10.7. The normalized spacial score (nSPS) is 11.8. The molecule has 1 amide bonds. The van der Waals surface area contributed by atoms with Crippen molar-refractivity contribution in [3.8, 4) is 10.6 Å². The van der Waals surface area contributed by atoms with Crippen LogP contribution in [0.4, 0.5) is 23.7 Å². The first-order chi connectivity index (χ1) is 18.0. The number of aromatic nitrogens is 1. The van der Waals surface area contributed by atoms with Gasteiger partial charge in [0.2, 0.25) is 5.36 Å². The van der Waals surface area contributed by atoms with Crippen molar-refractivity contribution in [3.05, 3.63) is 41.8 Å². The van der Waals surface area contributed by atoms with Crippen molar-refractivity contribution in [2.45, 2.75) is 72.3 Å². The Bertz CT molecular complexity index is 1320. The second kappa shape index (κ2) is 13.1. The van der Waals surface area contributed by atoms with Crippen LogP contribution in [0.1, 0.15) is 48.5 Å². The topological polar surface area (TPSA) is 106 Å². The molecule has 214 valence electrons. The molecule has 39 heavy (non-hydrogen) atoms. The SMILES string of the molecule is CC(C)[N+](=c1ccc2nc3ccc(NCCNC(=O)OC(C)(C)C)cc3sc-2c1)C(C)C.O=C([O-])C(F)(F)F. The highest BCUT2D eigenvalue weighted by Crippen LogP contribution is 2.31. The van der Waals surface area contributed by atoms with E-state index in [-0.39, 0.29) is 0 Å². The fourth-order valence-corrected chi connectivity index (χ4v) is 4.80. The summed E-state index contributed by atoms with van der Waals surface area (Å²) >= 11 is 1.75. The van der Waals surface area contributed by atoms with Crippen molar-refractivity contribution in [2.24, 2.45) is 0 Å². The third-order valence-electron chi connectivity index (χ3n) is 5.13. The molecule has 0 fully saturated rings. The van der Waals surface area contributed by atoms with Gasteiger partial charge < -0.3 is 25.3 Å². The molecule has 0 spiro atoms. The van der Waals surface area contributed by atoms with E-state index >= 15 is 0 Å². The molecule has 1 aliphatic carbocycles. The number of halogens is 3. The molecule has 12 heteroatoms. The van der Waals surface area contributed by atoms with Gasteiger partial charge in [0.05, 0.1) is 20.8 Å². The fraction of sp³-hybridized carbons (Fsp3) is 0.481. The van der Waals surface area contributed by atoms with Crippen LogP contribution < -0.4 is 25.7 Å². The first-order valence-corrected chi connectivity index (χ1v) is 13.2. The van der Waals surface area contributed by atoms with Gasteiger partial charge in [0.25, 0.3) is 0 Å². The number of fused-ring (bicyclic) bond motifs is 2. The van der Waals surface area contributed by atoms with E-state index in [1.807, 2.05) is 32.9 Å². The molecule has 1 aromatic carbocycles. The lowest BCUT2D eigenvalue weighted by molar-refractivity contribution is -0.344. The van der Waals surface area contributed by atoms with Gasteiger partial charge >= 0.3 is 12.3 Å². The Labute approximate surface area is 229 Å². The van der Waals surface area contributed by atoms with Crippen LogP contribution in [0, 0.1) is 0 Å². The largest absolute Gasteiger partial charge is 0.542 e. The summed E-state index contributed by atoms with van der Waals surface area (Å²) < 4.78 is 40.4. The quantitative estimate of drug-likeness (QED) is 0.262. The number of anilines is 1. The number of ether oxygens (including phenoxy) is 1. The lowest BCUT2D eigenvalue weighted by Gasteiger charge is -2.19. The second-order valence-electron chi connectivity index (χ2n) is 10.3. The Hall–Kier alpha value is -3.41. The number of aliphatic carboxylic acids is 1. The van der Waals surface area contributed by atoms with Gasteiger partial charge in [-0.1, -0.05) is 0 Å². The van der Waals surface area contributed by atoms with Crippen LogP contribution >= 0.6 is 11.3 Å². The highest BCUT2D eigenvalue weighted by molar-refractivity contribution is 7.21. The lowest BCUT2D eigenvalue weighted by atomic mass is 10.2. The molecule has 0 atom stereocenters. The number of alkyl halides is 3. The van der Waals surface area contributed by atoms with Gasteiger partial charge in [-0.05, 0) is 72.7 Å². The number of rotatable bonds is 6. The highest BCUT2D eigenvalue weighted by atomic mass is 32.1. The molecule has 8 nitrogen and oxygen atoms in total. The van der Waals surface area contributed by atoms with E-state index in [2.05, 4.69) is 67.2 Å². The Morgan fingerprint density at radius 1 is 1.03 bits per heavy atom. The maximum Gasteiger partial charge on any atom is 0.430 e. The van der Waals surface area contributed by atoms with Crippen LogP contribution in [0.3, 0.4) is 0 Å². The molecule has 0 aromatic heterocycles. The summed E-state index contributed by atoms with van der Waals surface area (Å²) in [6.45, 7) is 15.5. The first kappa shape index (κ1) is 31.8. The summed E-state index contributed by atoms with van der Waals surface area (Å²) in [5, 5.41) is 16.1. The first-order valence-electron chi connectivity index (χ1n) is 12.4. The number of carboxylic acid groups (broad SMARTS) is 1. The van der Waals surface area contributed by atoms with Crippen LogP contribution in [0.2, 0.25) is 0 Å². The summed E-state index contributed by atoms with van der Waals surface area (Å²) in [6, 6.07) is 13.6. The van der Waals surface area contributed by atoms with Gasteiger partial charge in [-0.3, -0.25) is 0 Å². The van der Waals surface area contributed by atoms with Crippen molar-refractivity contribution in [1.82, 2.24) is 14.9 Å². The van der Waals surface area contributed by atoms with Gasteiger partial charge in [-0.25, -0.2) is 14.4 Å². The Morgan fingerprint density at radius 3 is 2.18 bits per heavy atom. The maximum atomic E-state index is 11.8. The number of carboxylic acids is 1. The predicted molar refractivity (Wildman–Crippen MR) is 146 cm³/mol. The molecule has 0 saturated heterocycles. The third kappa shape index (κ3) is 10.0. The van der Waals surface area contributed by atoms with E-state index in [9.17, 15) is 18.0 Å². The van der Waals surface area contributed by atoms with Gasteiger partial charge in [0.1, 0.15) is 23.7 Å². The van der Waals surface area contributed by atoms with Crippen molar-refractivity contribution >= 4 is 39.3 Å². The average molecular weight is 569 g/mol. The van der Waals surface area contributed by atoms with E-state index in [0.717, 1.165) is 21.6 Å². The summed E-state index contributed by atoms with van der Waals surface area (Å²) in [4.78, 5) is 26.6. The van der Waals surface area contributed by atoms with Crippen LogP contribution in [0.25, 0.3) is 20.8 Å². The minimum Gasteiger partial charge on any atom is -0.542 e. The van der Waals surface area contributed by atoms with Crippen LogP contribution in [0.5, 0.6) is 0 Å². The maximum absolute atomic E-state index is 11.8. The third-order valence-corrected chi connectivity index (χ3v) is 6.22. The Balaban J connectivity index is 0.000000673. The predicted octanol–water partition coefficient (Wildman–Crippen LogP) is 4.23. The van der Waals surface area contributed by atoms with Gasteiger partial charge in [-0.2, -0.15) is 13.2 Å². The smallest absolute Gasteiger partial charge is 0.430 e. The van der Waals surface area contributed by atoms with Crippen molar-refractivity contribution < 1.29 is 32.6 Å². The molecule has 1 aliphatic heterocycles. The number of carbonyl (C=O) groups is 2. The minimum absolute atomic E-state index is 0.400. The highest BCUT2D eigenvalue weighted by Gasteiger charge is 2.28. The van der Waals surface area contributed by atoms with Crippen molar-refractivity contribution in [2.75, 3.05) is 18.4 Å². The molecule has 0 bridgehead atoms. The van der Waals surface area contributed by atoms with E-state index in [4.69, 9.17) is 19.6 Å². The zero-order valence-electron chi connectivity index (χ0n) is 23.1. The molecule has 1 heterocycles. The number of hydrogen-bond donors (Lipinski definition) is 2. The van der Waals surface area contributed by atoms with E-state index in [1.54, 1.807) is 11.3 Å².